The third-order valence-corrected chi connectivity index (χ3v) is 3.12. The van der Waals surface area contributed by atoms with Crippen LogP contribution in [0.1, 0.15) is 26.3 Å². The lowest BCUT2D eigenvalue weighted by atomic mass is 10.3. The van der Waals surface area contributed by atoms with Crippen molar-refractivity contribution in [1.82, 2.24) is 4.98 Å². The molecular weight excluding hydrogens is 232 g/mol. The highest BCUT2D eigenvalue weighted by molar-refractivity contribution is 7.85. The van der Waals surface area contributed by atoms with Crippen molar-refractivity contribution >= 4 is 28.8 Å². The molecule has 1 atom stereocenters. The van der Waals surface area contributed by atoms with Crippen LogP contribution in [0.15, 0.2) is 22.7 Å². The lowest BCUT2D eigenvalue weighted by molar-refractivity contribution is 0.651. The number of halogens is 1. The van der Waals surface area contributed by atoms with E-state index in [9.17, 15) is 4.21 Å². The van der Waals surface area contributed by atoms with E-state index in [1.54, 1.807) is 24.5 Å². The molecule has 0 N–H and O–H groups in total. The third-order valence-electron chi connectivity index (χ3n) is 1.57. The van der Waals surface area contributed by atoms with Gasteiger partial charge in [0.1, 0.15) is 16.1 Å². The van der Waals surface area contributed by atoms with E-state index in [1.807, 2.05) is 20.8 Å². The Balaban J connectivity index is 2.79. The molecule has 1 heterocycles. The van der Waals surface area contributed by atoms with Crippen LogP contribution in [0.25, 0.3) is 0 Å². The predicted octanol–water partition coefficient (Wildman–Crippen LogP) is 2.62. The fourth-order valence-electron chi connectivity index (χ4n) is 0.765. The first-order chi connectivity index (χ1) is 6.89. The second-order valence-electron chi connectivity index (χ2n) is 4.01. The molecule has 0 radical (unpaired) electrons. The fraction of sp³-hybridized carbons (Fsp3) is 0.400. The highest BCUT2D eigenvalue weighted by Gasteiger charge is 2.17. The zero-order valence-corrected chi connectivity index (χ0v) is 10.5. The van der Waals surface area contributed by atoms with Crippen molar-refractivity contribution in [2.24, 2.45) is 4.40 Å². The largest absolute Gasteiger partial charge is 0.245 e. The molecule has 0 aliphatic heterocycles. The standard InChI is InChI=1S/C10H13ClN2OS/c1-10(2,3)15(14)13-7-8-4-5-12-9(11)6-8/h4-7H,1-3H3/t15-/m1/s1. The maximum absolute atomic E-state index is 11.6. The van der Waals surface area contributed by atoms with Gasteiger partial charge in [-0.25, -0.2) is 9.19 Å². The first-order valence-corrected chi connectivity index (χ1v) is 5.96. The van der Waals surface area contributed by atoms with Crippen molar-refractivity contribution in [2.75, 3.05) is 0 Å². The molecule has 0 aromatic carbocycles. The van der Waals surface area contributed by atoms with Crippen LogP contribution in [0.5, 0.6) is 0 Å². The van der Waals surface area contributed by atoms with Gasteiger partial charge in [0.15, 0.2) is 0 Å². The molecule has 0 unspecified atom stereocenters. The third kappa shape index (κ3) is 4.10. The molecule has 3 nitrogen and oxygen atoms in total. The number of hydrogen-bond acceptors (Lipinski definition) is 2. The predicted molar refractivity (Wildman–Crippen MR) is 64.7 cm³/mol. The van der Waals surface area contributed by atoms with Crippen molar-refractivity contribution in [2.45, 2.75) is 25.5 Å². The fourth-order valence-corrected chi connectivity index (χ4v) is 1.48. The van der Waals surface area contributed by atoms with Gasteiger partial charge in [-0.3, -0.25) is 0 Å². The van der Waals surface area contributed by atoms with E-state index >= 15 is 0 Å². The average molecular weight is 245 g/mol. The van der Waals surface area contributed by atoms with Crippen LogP contribution in [-0.4, -0.2) is 20.2 Å². The van der Waals surface area contributed by atoms with Gasteiger partial charge in [0.05, 0.1) is 4.75 Å². The van der Waals surface area contributed by atoms with Crippen molar-refractivity contribution < 1.29 is 4.21 Å². The monoisotopic (exact) mass is 244 g/mol. The molecule has 0 spiro atoms. The maximum atomic E-state index is 11.6. The van der Waals surface area contributed by atoms with Crippen LogP contribution in [0.3, 0.4) is 0 Å². The van der Waals surface area contributed by atoms with Crippen LogP contribution >= 0.6 is 11.6 Å². The number of rotatable bonds is 2. The van der Waals surface area contributed by atoms with Crippen molar-refractivity contribution in [3.8, 4) is 0 Å². The van der Waals surface area contributed by atoms with E-state index in [1.165, 1.54) is 0 Å². The SMILES string of the molecule is CC(C)(C)[S@@](=O)N=Cc1ccnc(Cl)c1. The molecule has 0 saturated heterocycles. The molecule has 15 heavy (non-hydrogen) atoms. The van der Waals surface area contributed by atoms with Gasteiger partial charge in [0.25, 0.3) is 0 Å². The second kappa shape index (κ2) is 4.86. The summed E-state index contributed by atoms with van der Waals surface area (Å²) in [6.07, 6.45) is 3.14. The number of nitrogens with zero attached hydrogens (tertiary/aromatic N) is 2. The van der Waals surface area contributed by atoms with Gasteiger partial charge in [-0.15, -0.1) is 0 Å². The minimum atomic E-state index is -1.24. The minimum absolute atomic E-state index is 0.340. The Morgan fingerprint density at radius 2 is 2.20 bits per heavy atom. The Morgan fingerprint density at radius 1 is 1.53 bits per heavy atom. The lowest BCUT2D eigenvalue weighted by Crippen LogP contribution is -2.19. The maximum Gasteiger partial charge on any atom is 0.144 e. The quantitative estimate of drug-likeness (QED) is 0.593. The molecule has 1 rings (SSSR count). The van der Waals surface area contributed by atoms with Crippen LogP contribution in [-0.2, 0) is 11.0 Å². The van der Waals surface area contributed by atoms with Gasteiger partial charge in [-0.1, -0.05) is 11.6 Å². The normalized spacial score (nSPS) is 14.4. The lowest BCUT2D eigenvalue weighted by Gasteiger charge is -2.12. The van der Waals surface area contributed by atoms with Crippen LogP contribution in [0.4, 0.5) is 0 Å². The average Bonchev–Trinajstić information content (AvgIpc) is 2.12. The van der Waals surface area contributed by atoms with Crippen LogP contribution in [0.2, 0.25) is 5.15 Å². The molecule has 0 aliphatic carbocycles. The molecule has 1 aromatic heterocycles. The summed E-state index contributed by atoms with van der Waals surface area (Å²) in [4.78, 5) is 3.84. The molecule has 1 aromatic rings. The number of pyridine rings is 1. The molecule has 0 saturated carbocycles. The van der Waals surface area contributed by atoms with Crippen LogP contribution < -0.4 is 0 Å². The van der Waals surface area contributed by atoms with Crippen molar-refractivity contribution in [3.05, 3.63) is 29.0 Å². The molecular formula is C10H13ClN2OS. The topological polar surface area (TPSA) is 42.3 Å². The molecule has 82 valence electrons. The Kier molecular flexibility index (Phi) is 3.99. The van der Waals surface area contributed by atoms with E-state index < -0.39 is 11.0 Å². The number of aromatic nitrogens is 1. The molecule has 0 aliphatic rings. The summed E-state index contributed by atoms with van der Waals surface area (Å²) < 4.78 is 15.2. The first-order valence-electron chi connectivity index (χ1n) is 4.47. The number of hydrogen-bond donors (Lipinski definition) is 0. The zero-order chi connectivity index (χ0) is 11.5. The van der Waals surface area contributed by atoms with Crippen molar-refractivity contribution in [3.63, 3.8) is 0 Å². The Labute approximate surface area is 97.2 Å². The summed E-state index contributed by atoms with van der Waals surface area (Å²) in [5.41, 5.74) is 0.799. The summed E-state index contributed by atoms with van der Waals surface area (Å²) in [7, 11) is -1.24. The van der Waals surface area contributed by atoms with Gasteiger partial charge in [0, 0.05) is 12.4 Å². The summed E-state index contributed by atoms with van der Waals surface area (Å²) in [5, 5.41) is 0.403. The molecule has 0 bridgehead atoms. The second-order valence-corrected chi connectivity index (χ2v) is 6.33. The highest BCUT2D eigenvalue weighted by atomic mass is 35.5. The van der Waals surface area contributed by atoms with Gasteiger partial charge in [0.2, 0.25) is 0 Å². The Morgan fingerprint density at radius 3 is 2.73 bits per heavy atom. The van der Waals surface area contributed by atoms with Crippen molar-refractivity contribution in [1.29, 1.82) is 0 Å². The Hall–Kier alpha value is -0.740. The van der Waals surface area contributed by atoms with Gasteiger partial charge in [-0.2, -0.15) is 4.40 Å². The summed E-state index contributed by atoms with van der Waals surface area (Å²) in [5.74, 6) is 0. The highest BCUT2D eigenvalue weighted by Crippen LogP contribution is 2.12. The summed E-state index contributed by atoms with van der Waals surface area (Å²) in [6.45, 7) is 5.62. The van der Waals surface area contributed by atoms with Gasteiger partial charge in [-0.05, 0) is 38.5 Å². The smallest absolute Gasteiger partial charge is 0.144 e. The zero-order valence-electron chi connectivity index (χ0n) is 8.90. The Bertz CT molecular complexity index is 399. The van der Waals surface area contributed by atoms with Gasteiger partial charge >= 0.3 is 0 Å². The minimum Gasteiger partial charge on any atom is -0.245 e. The van der Waals surface area contributed by atoms with Gasteiger partial charge < -0.3 is 0 Å². The van der Waals surface area contributed by atoms with E-state index in [0.29, 0.717) is 5.15 Å². The van der Waals surface area contributed by atoms with E-state index in [2.05, 4.69) is 9.38 Å². The first kappa shape index (κ1) is 12.3. The van der Waals surface area contributed by atoms with E-state index in [0.717, 1.165) is 5.56 Å². The molecule has 0 fully saturated rings. The van der Waals surface area contributed by atoms with E-state index in [-0.39, 0.29) is 4.75 Å². The summed E-state index contributed by atoms with van der Waals surface area (Å²) >= 11 is 5.70. The van der Waals surface area contributed by atoms with Crippen LogP contribution in [0, 0.1) is 0 Å². The summed E-state index contributed by atoms with van der Waals surface area (Å²) in [6, 6.07) is 3.43. The molecule has 5 heteroatoms. The van der Waals surface area contributed by atoms with E-state index in [4.69, 9.17) is 11.6 Å². The molecule has 0 amide bonds.